The zero-order valence-corrected chi connectivity index (χ0v) is 11.8. The lowest BCUT2D eigenvalue weighted by Crippen LogP contribution is -2.23. The summed E-state index contributed by atoms with van der Waals surface area (Å²) in [7, 11) is 3.37. The molecule has 2 rings (SSSR count). The first kappa shape index (κ1) is 14.4. The molecule has 0 aliphatic rings. The molecule has 21 heavy (non-hydrogen) atoms. The molecule has 0 aliphatic heterocycles. The van der Waals surface area contributed by atoms with E-state index in [0.29, 0.717) is 11.3 Å². The minimum absolute atomic E-state index is 0.0130. The lowest BCUT2D eigenvalue weighted by molar-refractivity contribution is -0.360. The Hall–Kier alpha value is -2.96. The first-order chi connectivity index (χ1) is 9.90. The number of anilines is 1. The van der Waals surface area contributed by atoms with Crippen LogP contribution in [0.4, 0.5) is 5.82 Å². The number of hydrogen-bond donors (Lipinski definition) is 2. The molecule has 2 aromatic rings. The predicted molar refractivity (Wildman–Crippen MR) is 77.2 cm³/mol. The maximum absolute atomic E-state index is 11.8. The van der Waals surface area contributed by atoms with Crippen molar-refractivity contribution in [3.05, 3.63) is 41.7 Å². The molecular formula is C14H16N5O2+. The van der Waals surface area contributed by atoms with Gasteiger partial charge in [-0.25, -0.2) is 9.97 Å². The molecule has 0 atom stereocenters. The first-order valence-corrected chi connectivity index (χ1v) is 6.20. The third kappa shape index (κ3) is 2.97. The lowest BCUT2D eigenvalue weighted by atomic mass is 10.1. The highest BCUT2D eigenvalue weighted by molar-refractivity contribution is 5.95. The van der Waals surface area contributed by atoms with E-state index in [0.717, 1.165) is 5.56 Å². The zero-order valence-electron chi connectivity index (χ0n) is 11.8. The van der Waals surface area contributed by atoms with Crippen LogP contribution in [-0.4, -0.2) is 35.8 Å². The Morgan fingerprint density at radius 2 is 1.81 bits per heavy atom. The van der Waals surface area contributed by atoms with Crippen LogP contribution >= 0.6 is 0 Å². The van der Waals surface area contributed by atoms with E-state index in [2.05, 4.69) is 9.97 Å². The summed E-state index contributed by atoms with van der Waals surface area (Å²) in [6.45, 7) is 0. The van der Waals surface area contributed by atoms with Crippen LogP contribution in [-0.2, 0) is 0 Å². The fraction of sp³-hybridized carbons (Fsp3) is 0.143. The summed E-state index contributed by atoms with van der Waals surface area (Å²) < 4.78 is 0. The second-order valence-electron chi connectivity index (χ2n) is 4.69. The average molecular weight is 286 g/mol. The van der Waals surface area contributed by atoms with Gasteiger partial charge < -0.3 is 10.6 Å². The van der Waals surface area contributed by atoms with Gasteiger partial charge in [0.15, 0.2) is 0 Å². The molecule has 1 heterocycles. The molecular weight excluding hydrogens is 270 g/mol. The van der Waals surface area contributed by atoms with Gasteiger partial charge in [0, 0.05) is 25.2 Å². The number of amides is 2. The molecule has 0 spiro atoms. The van der Waals surface area contributed by atoms with Gasteiger partial charge in [0.1, 0.15) is 11.9 Å². The molecule has 0 saturated heterocycles. The molecule has 7 heteroatoms. The van der Waals surface area contributed by atoms with Gasteiger partial charge in [-0.05, 0) is 12.1 Å². The van der Waals surface area contributed by atoms with E-state index in [1.54, 1.807) is 44.6 Å². The molecule has 1 aromatic heterocycles. The van der Waals surface area contributed by atoms with Crippen molar-refractivity contribution in [3.63, 3.8) is 0 Å². The second kappa shape index (κ2) is 5.58. The number of primary amides is 1. The monoisotopic (exact) mass is 286 g/mol. The average Bonchev–Trinajstić information content (AvgIpc) is 2.46. The molecule has 0 aliphatic carbocycles. The Labute approximate surface area is 121 Å². The largest absolute Gasteiger partial charge is 0.364 e. The summed E-state index contributed by atoms with van der Waals surface area (Å²) >= 11 is 0. The fourth-order valence-electron chi connectivity index (χ4n) is 1.80. The number of hydrogen-bond acceptors (Lipinski definition) is 4. The molecule has 1 aromatic carbocycles. The van der Waals surface area contributed by atoms with Crippen LogP contribution in [0, 0.1) is 0 Å². The number of carbonyl (C=O) groups is 2. The van der Waals surface area contributed by atoms with Crippen LogP contribution in [0.15, 0.2) is 30.5 Å². The summed E-state index contributed by atoms with van der Waals surface area (Å²) in [5.41, 5.74) is 12.6. The van der Waals surface area contributed by atoms with Crippen molar-refractivity contribution in [3.8, 4) is 11.3 Å². The Kier molecular flexibility index (Phi) is 3.84. The first-order valence-electron chi connectivity index (χ1n) is 6.20. The van der Waals surface area contributed by atoms with Crippen LogP contribution in [0.3, 0.4) is 0 Å². The van der Waals surface area contributed by atoms with Crippen LogP contribution < -0.4 is 16.5 Å². The number of carbonyl (C=O) groups excluding carboxylic acids is 2. The molecule has 7 nitrogen and oxygen atoms in total. The van der Waals surface area contributed by atoms with E-state index in [-0.39, 0.29) is 17.4 Å². The summed E-state index contributed by atoms with van der Waals surface area (Å²) in [6, 6.07) is 6.88. The van der Waals surface area contributed by atoms with Crippen molar-refractivity contribution >= 4 is 17.6 Å². The number of nitrogens with one attached hydrogen (secondary N) is 1. The van der Waals surface area contributed by atoms with E-state index in [1.165, 1.54) is 4.90 Å². The smallest absolute Gasteiger partial charge is 0.302 e. The van der Waals surface area contributed by atoms with Crippen molar-refractivity contribution in [1.82, 2.24) is 9.88 Å². The van der Waals surface area contributed by atoms with E-state index >= 15 is 0 Å². The second-order valence-corrected chi connectivity index (χ2v) is 4.69. The predicted octanol–water partition coefficient (Wildman–Crippen LogP) is -0.0544. The van der Waals surface area contributed by atoms with Crippen LogP contribution in [0.2, 0.25) is 0 Å². The van der Waals surface area contributed by atoms with E-state index in [1.807, 2.05) is 0 Å². The third-order valence-corrected chi connectivity index (χ3v) is 2.92. The van der Waals surface area contributed by atoms with Crippen molar-refractivity contribution in [2.75, 3.05) is 19.8 Å². The molecule has 108 valence electrons. The highest BCUT2D eigenvalue weighted by Gasteiger charge is 2.16. The van der Waals surface area contributed by atoms with Gasteiger partial charge in [-0.15, -0.1) is 0 Å². The normalized spacial score (nSPS) is 10.2. The van der Waals surface area contributed by atoms with Crippen LogP contribution in [0.25, 0.3) is 11.3 Å². The van der Waals surface area contributed by atoms with E-state index < -0.39 is 5.91 Å². The topological polar surface area (TPSA) is 116 Å². The Morgan fingerprint density at radius 3 is 2.33 bits per heavy atom. The molecule has 2 amide bonds. The molecule has 5 N–H and O–H groups in total. The highest BCUT2D eigenvalue weighted by Crippen LogP contribution is 2.18. The lowest BCUT2D eigenvalue weighted by Gasteiger charge is -2.10. The van der Waals surface area contributed by atoms with E-state index in [4.69, 9.17) is 11.5 Å². The highest BCUT2D eigenvalue weighted by atomic mass is 16.2. The molecule has 0 unspecified atom stereocenters. The van der Waals surface area contributed by atoms with Gasteiger partial charge in [-0.1, -0.05) is 12.1 Å². The number of rotatable bonds is 3. The Morgan fingerprint density at radius 1 is 1.19 bits per heavy atom. The number of nitrogens with zero attached hydrogens (tertiary/aromatic N) is 2. The van der Waals surface area contributed by atoms with Crippen LogP contribution in [0.1, 0.15) is 20.8 Å². The van der Waals surface area contributed by atoms with Crippen LogP contribution in [0.5, 0.6) is 0 Å². The minimum Gasteiger partial charge on any atom is -0.364 e. The summed E-state index contributed by atoms with van der Waals surface area (Å²) in [5, 5.41) is 0. The maximum Gasteiger partial charge on any atom is 0.302 e. The van der Waals surface area contributed by atoms with E-state index in [9.17, 15) is 9.59 Å². The Balaban J connectivity index is 2.37. The van der Waals surface area contributed by atoms with Gasteiger partial charge in [-0.2, -0.15) is 0 Å². The number of H-pyrrole nitrogens is 1. The quantitative estimate of drug-likeness (QED) is 0.822. The zero-order chi connectivity index (χ0) is 15.6. The van der Waals surface area contributed by atoms with Gasteiger partial charge >= 0.3 is 5.82 Å². The number of nitrogens with two attached hydrogens (primary N) is 2. The number of benzene rings is 1. The molecule has 0 fully saturated rings. The summed E-state index contributed by atoms with van der Waals surface area (Å²) in [6.07, 6.45) is 1.57. The van der Waals surface area contributed by atoms with Gasteiger partial charge in [0.25, 0.3) is 11.8 Å². The molecule has 0 saturated carbocycles. The van der Waals surface area contributed by atoms with Crippen molar-refractivity contribution in [2.45, 2.75) is 0 Å². The fourth-order valence-corrected chi connectivity index (χ4v) is 1.80. The summed E-state index contributed by atoms with van der Waals surface area (Å²) in [4.78, 5) is 31.4. The van der Waals surface area contributed by atoms with Crippen molar-refractivity contribution < 1.29 is 14.6 Å². The Bertz CT molecular complexity index is 695. The van der Waals surface area contributed by atoms with Gasteiger partial charge in [0.05, 0.1) is 0 Å². The van der Waals surface area contributed by atoms with Crippen molar-refractivity contribution in [2.24, 2.45) is 5.73 Å². The van der Waals surface area contributed by atoms with Crippen molar-refractivity contribution in [1.29, 1.82) is 0 Å². The third-order valence-electron chi connectivity index (χ3n) is 2.92. The number of nitrogen functional groups attached to an aromatic ring is 1. The molecule has 0 bridgehead atoms. The SMILES string of the molecule is CN(C)C(=O)c1ccc(-c2c[nH+]c(N)c(C(N)=O)n2)cc1. The number of aromatic nitrogens is 2. The molecule has 0 radical (unpaired) electrons. The minimum atomic E-state index is -0.704. The summed E-state index contributed by atoms with van der Waals surface area (Å²) in [5.74, 6) is -0.674. The standard InChI is InChI=1S/C14H15N5O2/c1-19(2)14(21)9-5-3-8(4-6-9)10-7-17-12(15)11(18-10)13(16)20/h3-7H,1-2H3,(H2,15,17)(H2,16,20)/p+1. The maximum atomic E-state index is 11.8. The number of aromatic amines is 1. The van der Waals surface area contributed by atoms with Gasteiger partial charge in [0.2, 0.25) is 5.69 Å². The van der Waals surface area contributed by atoms with Gasteiger partial charge in [-0.3, -0.25) is 15.3 Å².